The molecule has 1 aliphatic rings. The van der Waals surface area contributed by atoms with Crippen LogP contribution in [0.5, 0.6) is 0 Å². The maximum atomic E-state index is 13.3. The zero-order chi connectivity index (χ0) is 19.1. The Balaban J connectivity index is 1.95. The van der Waals surface area contributed by atoms with Crippen LogP contribution < -0.4 is 11.1 Å². The van der Waals surface area contributed by atoms with E-state index in [1.165, 1.54) is 9.36 Å². The molecule has 4 rings (SSSR count). The van der Waals surface area contributed by atoms with Crippen LogP contribution in [0, 0.1) is 13.8 Å². The van der Waals surface area contributed by atoms with Crippen LogP contribution in [0.25, 0.3) is 16.5 Å². The van der Waals surface area contributed by atoms with Gasteiger partial charge in [-0.05, 0) is 32.4 Å². The monoisotopic (exact) mass is 369 g/mol. The third kappa shape index (κ3) is 2.83. The van der Waals surface area contributed by atoms with Crippen molar-refractivity contribution in [1.82, 2.24) is 13.9 Å². The van der Waals surface area contributed by atoms with E-state index in [0.717, 1.165) is 23.5 Å². The van der Waals surface area contributed by atoms with Crippen molar-refractivity contribution in [2.45, 2.75) is 33.1 Å². The fourth-order valence-corrected chi connectivity index (χ4v) is 3.85. The van der Waals surface area contributed by atoms with Crippen molar-refractivity contribution in [3.8, 4) is 5.69 Å². The number of hydrogen-bond acceptors (Lipinski definition) is 4. The van der Waals surface area contributed by atoms with E-state index in [9.17, 15) is 9.59 Å². The molecule has 7 heteroatoms. The lowest BCUT2D eigenvalue weighted by Crippen LogP contribution is -2.42. The summed E-state index contributed by atoms with van der Waals surface area (Å²) < 4.78 is 15.9. The number of nitrogens with zero attached hydrogens (tertiary/aromatic N) is 3. The van der Waals surface area contributed by atoms with Crippen LogP contribution in [-0.2, 0) is 23.1 Å². The lowest BCUT2D eigenvalue weighted by atomic mass is 10.2. The van der Waals surface area contributed by atoms with Gasteiger partial charge >= 0.3 is 0 Å². The summed E-state index contributed by atoms with van der Waals surface area (Å²) in [4.78, 5) is 26.3. The summed E-state index contributed by atoms with van der Waals surface area (Å²) in [5.74, 6) is 0. The molecular formula is C20H23N3O4. The Hall–Kier alpha value is -2.64. The van der Waals surface area contributed by atoms with Crippen LogP contribution in [0.4, 0.5) is 0 Å². The summed E-state index contributed by atoms with van der Waals surface area (Å²) in [6, 6.07) is 9.74. The normalized spacial score (nSPS) is 15.5. The van der Waals surface area contributed by atoms with Gasteiger partial charge in [-0.2, -0.15) is 0 Å². The quantitative estimate of drug-likeness (QED) is 0.707. The van der Waals surface area contributed by atoms with Gasteiger partial charge in [-0.3, -0.25) is 14.3 Å². The van der Waals surface area contributed by atoms with Gasteiger partial charge in [-0.1, -0.05) is 18.2 Å². The summed E-state index contributed by atoms with van der Waals surface area (Å²) in [5, 5.41) is 0.917. The minimum atomic E-state index is -0.517. The average molecular weight is 369 g/mol. The molecule has 0 aliphatic carbocycles. The van der Waals surface area contributed by atoms with Crippen LogP contribution in [0.1, 0.15) is 17.8 Å². The van der Waals surface area contributed by atoms with Gasteiger partial charge in [0.1, 0.15) is 0 Å². The number of para-hydroxylation sites is 1. The summed E-state index contributed by atoms with van der Waals surface area (Å²) in [7, 11) is 1.61. The predicted molar refractivity (Wildman–Crippen MR) is 103 cm³/mol. The van der Waals surface area contributed by atoms with E-state index >= 15 is 0 Å². The topological polar surface area (TPSA) is 67.4 Å². The third-order valence-electron chi connectivity index (χ3n) is 5.20. The standard InChI is InChI=1S/C20H23N3O4/c1-13-17-18(14(2)23(13)15-8-5-4-6-9-15)20(25)22(21(3)19(17)24)12-16-26-10-7-11-27-16/h4-6,8-9,16H,7,10-12H2,1-3H3. The van der Waals surface area contributed by atoms with E-state index < -0.39 is 6.29 Å². The van der Waals surface area contributed by atoms with Crippen LogP contribution in [-0.4, -0.2) is 33.4 Å². The molecule has 1 aromatic carbocycles. The van der Waals surface area contributed by atoms with E-state index in [0.29, 0.717) is 24.0 Å². The summed E-state index contributed by atoms with van der Waals surface area (Å²) in [6.45, 7) is 5.13. The summed E-state index contributed by atoms with van der Waals surface area (Å²) in [5.41, 5.74) is 2.05. The number of ether oxygens (including phenoxy) is 2. The zero-order valence-electron chi connectivity index (χ0n) is 15.8. The Labute approximate surface area is 156 Å². The smallest absolute Gasteiger partial charge is 0.275 e. The van der Waals surface area contributed by atoms with Crippen LogP contribution in [0.3, 0.4) is 0 Å². The van der Waals surface area contributed by atoms with Crippen molar-refractivity contribution >= 4 is 10.8 Å². The first-order valence-corrected chi connectivity index (χ1v) is 9.11. The lowest BCUT2D eigenvalue weighted by Gasteiger charge is -2.24. The molecular weight excluding hydrogens is 346 g/mol. The summed E-state index contributed by atoms with van der Waals surface area (Å²) >= 11 is 0. The van der Waals surface area contributed by atoms with Crippen molar-refractivity contribution in [3.05, 3.63) is 62.4 Å². The Morgan fingerprint density at radius 3 is 2.19 bits per heavy atom. The molecule has 1 aliphatic heterocycles. The molecule has 2 aromatic heterocycles. The van der Waals surface area contributed by atoms with Crippen molar-refractivity contribution < 1.29 is 9.47 Å². The van der Waals surface area contributed by atoms with Crippen molar-refractivity contribution in [2.75, 3.05) is 13.2 Å². The average Bonchev–Trinajstić information content (AvgIpc) is 2.95. The molecule has 1 saturated heterocycles. The van der Waals surface area contributed by atoms with Crippen molar-refractivity contribution in [3.63, 3.8) is 0 Å². The van der Waals surface area contributed by atoms with Gasteiger partial charge < -0.3 is 14.0 Å². The van der Waals surface area contributed by atoms with Gasteiger partial charge in [-0.15, -0.1) is 0 Å². The molecule has 0 bridgehead atoms. The highest BCUT2D eigenvalue weighted by atomic mass is 16.7. The molecule has 0 spiro atoms. The molecule has 0 radical (unpaired) electrons. The molecule has 0 saturated carbocycles. The highest BCUT2D eigenvalue weighted by Gasteiger charge is 2.23. The lowest BCUT2D eigenvalue weighted by molar-refractivity contribution is -0.186. The van der Waals surface area contributed by atoms with Gasteiger partial charge in [0.2, 0.25) is 0 Å². The number of benzene rings is 1. The largest absolute Gasteiger partial charge is 0.351 e. The van der Waals surface area contributed by atoms with E-state index in [-0.39, 0.29) is 17.7 Å². The van der Waals surface area contributed by atoms with E-state index in [2.05, 4.69) is 0 Å². The van der Waals surface area contributed by atoms with Crippen LogP contribution in [0.15, 0.2) is 39.9 Å². The highest BCUT2D eigenvalue weighted by molar-refractivity contribution is 5.87. The maximum Gasteiger partial charge on any atom is 0.275 e. The second-order valence-corrected chi connectivity index (χ2v) is 6.83. The molecule has 27 heavy (non-hydrogen) atoms. The fraction of sp³-hybridized carbons (Fsp3) is 0.400. The SMILES string of the molecule is Cc1c2c(=O)n(C)n(CC3OCCCO3)c(=O)c2c(C)n1-c1ccccc1. The van der Waals surface area contributed by atoms with E-state index in [1.807, 2.05) is 48.7 Å². The fourth-order valence-electron chi connectivity index (χ4n) is 3.85. The molecule has 0 atom stereocenters. The van der Waals surface area contributed by atoms with Crippen LogP contribution >= 0.6 is 0 Å². The van der Waals surface area contributed by atoms with Crippen molar-refractivity contribution in [1.29, 1.82) is 0 Å². The van der Waals surface area contributed by atoms with Gasteiger partial charge in [0.25, 0.3) is 11.1 Å². The second kappa shape index (κ2) is 6.83. The van der Waals surface area contributed by atoms with Gasteiger partial charge in [0.05, 0.1) is 30.5 Å². The molecule has 142 valence electrons. The minimum absolute atomic E-state index is 0.190. The summed E-state index contributed by atoms with van der Waals surface area (Å²) in [6.07, 6.45) is 0.318. The predicted octanol–water partition coefficient (Wildman–Crippen LogP) is 1.87. The Bertz CT molecular complexity index is 1100. The Morgan fingerprint density at radius 2 is 1.56 bits per heavy atom. The second-order valence-electron chi connectivity index (χ2n) is 6.83. The van der Waals surface area contributed by atoms with Gasteiger partial charge in [0, 0.05) is 24.1 Å². The first kappa shape index (κ1) is 17.8. The number of fused-ring (bicyclic) bond motifs is 1. The first-order chi connectivity index (χ1) is 13.0. The number of aryl methyl sites for hydroxylation is 2. The highest BCUT2D eigenvalue weighted by Crippen LogP contribution is 2.24. The number of hydrogen-bond donors (Lipinski definition) is 0. The van der Waals surface area contributed by atoms with Crippen LogP contribution in [0.2, 0.25) is 0 Å². The number of aromatic nitrogens is 3. The minimum Gasteiger partial charge on any atom is -0.351 e. The first-order valence-electron chi connectivity index (χ1n) is 9.11. The molecule has 0 unspecified atom stereocenters. The van der Waals surface area contributed by atoms with Crippen molar-refractivity contribution in [2.24, 2.45) is 7.05 Å². The Kier molecular flexibility index (Phi) is 4.49. The number of rotatable bonds is 3. The third-order valence-corrected chi connectivity index (χ3v) is 5.20. The van der Waals surface area contributed by atoms with Gasteiger partial charge in [0.15, 0.2) is 6.29 Å². The molecule has 0 N–H and O–H groups in total. The molecule has 1 fully saturated rings. The maximum absolute atomic E-state index is 13.3. The Morgan fingerprint density at radius 1 is 0.963 bits per heavy atom. The molecule has 3 heterocycles. The zero-order valence-corrected chi connectivity index (χ0v) is 15.8. The molecule has 0 amide bonds. The molecule has 7 nitrogen and oxygen atoms in total. The van der Waals surface area contributed by atoms with Gasteiger partial charge in [-0.25, -0.2) is 4.68 Å². The van der Waals surface area contributed by atoms with E-state index in [4.69, 9.17) is 9.47 Å². The van der Waals surface area contributed by atoms with E-state index in [1.54, 1.807) is 7.05 Å². The molecule has 3 aromatic rings.